The van der Waals surface area contributed by atoms with E-state index in [4.69, 9.17) is 4.42 Å². The van der Waals surface area contributed by atoms with E-state index >= 15 is 0 Å². The van der Waals surface area contributed by atoms with Crippen LogP contribution in [0.3, 0.4) is 0 Å². The number of nitro groups is 1. The van der Waals surface area contributed by atoms with Crippen molar-refractivity contribution in [1.82, 2.24) is 4.90 Å². The van der Waals surface area contributed by atoms with Crippen LogP contribution < -0.4 is 5.32 Å². The van der Waals surface area contributed by atoms with Crippen molar-refractivity contribution in [2.75, 3.05) is 11.9 Å². The molecule has 122 valence electrons. The number of rotatable bonds is 7. The third kappa shape index (κ3) is 4.17. The van der Waals surface area contributed by atoms with Gasteiger partial charge in [0.05, 0.1) is 23.5 Å². The molecule has 0 bridgehead atoms. The molecule has 1 aromatic heterocycles. The highest BCUT2D eigenvalue weighted by Gasteiger charge is 2.23. The number of nitrogens with zero attached hydrogens (tertiary/aromatic N) is 2. The first kappa shape index (κ1) is 16.7. The largest absolute Gasteiger partial charge is 0.472 e. The molecule has 7 nitrogen and oxygen atoms in total. The molecule has 0 aliphatic heterocycles. The Labute approximate surface area is 134 Å². The van der Waals surface area contributed by atoms with Gasteiger partial charge in [0.2, 0.25) is 5.91 Å². The topological polar surface area (TPSA) is 88.6 Å². The molecule has 2 aromatic rings. The Hall–Kier alpha value is -2.67. The molecule has 23 heavy (non-hydrogen) atoms. The maximum absolute atomic E-state index is 12.4. The van der Waals surface area contributed by atoms with E-state index in [0.717, 1.165) is 5.56 Å². The first-order valence-corrected chi connectivity index (χ1v) is 7.32. The van der Waals surface area contributed by atoms with E-state index in [1.807, 2.05) is 17.9 Å². The zero-order chi connectivity index (χ0) is 16.8. The summed E-state index contributed by atoms with van der Waals surface area (Å²) in [4.78, 5) is 24.9. The molecular formula is C16H19N3O4. The normalized spacial score (nSPS) is 12.1. The third-order valence-electron chi connectivity index (χ3n) is 3.66. The Bertz CT molecular complexity index is 670. The molecular weight excluding hydrogens is 298 g/mol. The van der Waals surface area contributed by atoms with Gasteiger partial charge in [-0.25, -0.2) is 0 Å². The predicted octanol–water partition coefficient (Wildman–Crippen LogP) is 3.04. The molecule has 7 heteroatoms. The van der Waals surface area contributed by atoms with Gasteiger partial charge in [-0.1, -0.05) is 19.1 Å². The van der Waals surface area contributed by atoms with Crippen LogP contribution in [0, 0.1) is 10.1 Å². The molecule has 1 aromatic carbocycles. The lowest BCUT2D eigenvalue weighted by Crippen LogP contribution is -2.41. The first-order valence-electron chi connectivity index (χ1n) is 7.32. The third-order valence-corrected chi connectivity index (χ3v) is 3.66. The molecule has 0 unspecified atom stereocenters. The van der Waals surface area contributed by atoms with E-state index in [1.54, 1.807) is 31.6 Å². The second-order valence-electron chi connectivity index (χ2n) is 5.13. The zero-order valence-electron chi connectivity index (χ0n) is 13.1. The van der Waals surface area contributed by atoms with Crippen molar-refractivity contribution in [3.05, 3.63) is 58.5 Å². The lowest BCUT2D eigenvalue weighted by atomic mass is 10.2. The van der Waals surface area contributed by atoms with Crippen LogP contribution in [0.25, 0.3) is 0 Å². The van der Waals surface area contributed by atoms with Gasteiger partial charge >= 0.3 is 0 Å². The van der Waals surface area contributed by atoms with E-state index in [-0.39, 0.29) is 17.3 Å². The number of furan rings is 1. The molecule has 0 saturated carbocycles. The van der Waals surface area contributed by atoms with Crippen molar-refractivity contribution in [1.29, 1.82) is 0 Å². The van der Waals surface area contributed by atoms with E-state index in [0.29, 0.717) is 13.1 Å². The number of para-hydroxylation sites is 2. The molecule has 0 saturated heterocycles. The van der Waals surface area contributed by atoms with Crippen LogP contribution in [0.1, 0.15) is 19.4 Å². The highest BCUT2D eigenvalue weighted by atomic mass is 16.6. The number of anilines is 1. The second kappa shape index (κ2) is 7.55. The van der Waals surface area contributed by atoms with Crippen molar-refractivity contribution in [3.63, 3.8) is 0 Å². The Balaban J connectivity index is 2.08. The molecule has 1 N–H and O–H groups in total. The van der Waals surface area contributed by atoms with Gasteiger partial charge in [-0.2, -0.15) is 0 Å². The predicted molar refractivity (Wildman–Crippen MR) is 86.0 cm³/mol. The van der Waals surface area contributed by atoms with Crippen molar-refractivity contribution in [3.8, 4) is 0 Å². The fourth-order valence-electron chi connectivity index (χ4n) is 2.28. The van der Waals surface area contributed by atoms with Crippen LogP contribution >= 0.6 is 0 Å². The Morgan fingerprint density at radius 1 is 1.39 bits per heavy atom. The summed E-state index contributed by atoms with van der Waals surface area (Å²) in [5.74, 6) is -0.287. The number of benzene rings is 1. The Morgan fingerprint density at radius 3 is 2.74 bits per heavy atom. The van der Waals surface area contributed by atoms with E-state index in [9.17, 15) is 14.9 Å². The average Bonchev–Trinajstić information content (AvgIpc) is 3.05. The van der Waals surface area contributed by atoms with Gasteiger partial charge in [0.25, 0.3) is 5.69 Å². The van der Waals surface area contributed by atoms with Gasteiger partial charge in [0, 0.05) is 18.2 Å². The highest BCUT2D eigenvalue weighted by Crippen LogP contribution is 2.23. The van der Waals surface area contributed by atoms with Gasteiger partial charge in [0.15, 0.2) is 0 Å². The second-order valence-corrected chi connectivity index (χ2v) is 5.13. The number of likely N-dealkylation sites (N-methyl/N-ethyl adjacent to an activating group) is 1. The number of carbonyl (C=O) groups excluding carboxylic acids is 1. The van der Waals surface area contributed by atoms with E-state index in [1.165, 1.54) is 12.1 Å². The van der Waals surface area contributed by atoms with Gasteiger partial charge in [-0.3, -0.25) is 19.8 Å². The number of carbonyl (C=O) groups is 1. The maximum atomic E-state index is 12.4. The van der Waals surface area contributed by atoms with Crippen LogP contribution in [0.15, 0.2) is 47.3 Å². The fraction of sp³-hybridized carbons (Fsp3) is 0.312. The van der Waals surface area contributed by atoms with Crippen molar-refractivity contribution < 1.29 is 14.1 Å². The molecule has 0 spiro atoms. The van der Waals surface area contributed by atoms with Crippen LogP contribution in [0.2, 0.25) is 0 Å². The number of hydrogen-bond donors (Lipinski definition) is 1. The van der Waals surface area contributed by atoms with Crippen molar-refractivity contribution in [2.45, 2.75) is 26.4 Å². The number of nitrogens with one attached hydrogen (secondary N) is 1. The van der Waals surface area contributed by atoms with Gasteiger partial charge < -0.3 is 9.73 Å². The van der Waals surface area contributed by atoms with Crippen LogP contribution in [-0.4, -0.2) is 28.3 Å². The highest BCUT2D eigenvalue weighted by molar-refractivity contribution is 5.96. The summed E-state index contributed by atoms with van der Waals surface area (Å²) in [6, 6.07) is 7.51. The van der Waals surface area contributed by atoms with E-state index in [2.05, 4.69) is 5.32 Å². The molecule has 1 atom stereocenters. The molecule has 2 rings (SSSR count). The summed E-state index contributed by atoms with van der Waals surface area (Å²) in [6.07, 6.45) is 3.22. The zero-order valence-corrected chi connectivity index (χ0v) is 13.1. The quantitative estimate of drug-likeness (QED) is 0.626. The molecule has 1 heterocycles. The average molecular weight is 317 g/mol. The Morgan fingerprint density at radius 2 is 2.13 bits per heavy atom. The maximum Gasteiger partial charge on any atom is 0.292 e. The molecule has 0 radical (unpaired) electrons. The monoisotopic (exact) mass is 317 g/mol. The van der Waals surface area contributed by atoms with Gasteiger partial charge in [-0.05, 0) is 25.6 Å². The minimum absolute atomic E-state index is 0.120. The SMILES string of the molecule is CCN(Cc1ccoc1)[C@@H](C)C(=O)Nc1ccccc1[N+](=O)[O-]. The van der Waals surface area contributed by atoms with Crippen LogP contribution in [0.5, 0.6) is 0 Å². The summed E-state index contributed by atoms with van der Waals surface area (Å²) in [5, 5.41) is 13.6. The molecule has 1 amide bonds. The minimum Gasteiger partial charge on any atom is -0.472 e. The standard InChI is InChI=1S/C16H19N3O4/c1-3-18(10-13-8-9-23-11-13)12(2)16(20)17-14-6-4-5-7-15(14)19(21)22/h4-9,11-12H,3,10H2,1-2H3,(H,17,20)/t12-/m0/s1. The summed E-state index contributed by atoms with van der Waals surface area (Å²) < 4.78 is 5.04. The van der Waals surface area contributed by atoms with Gasteiger partial charge in [-0.15, -0.1) is 0 Å². The number of nitro benzene ring substituents is 1. The van der Waals surface area contributed by atoms with Crippen LogP contribution in [-0.2, 0) is 11.3 Å². The molecule has 0 fully saturated rings. The summed E-state index contributed by atoms with van der Waals surface area (Å²) >= 11 is 0. The first-order chi connectivity index (χ1) is 11.0. The Kier molecular flexibility index (Phi) is 5.48. The summed E-state index contributed by atoms with van der Waals surface area (Å²) in [6.45, 7) is 4.96. The summed E-state index contributed by atoms with van der Waals surface area (Å²) in [7, 11) is 0. The van der Waals surface area contributed by atoms with Gasteiger partial charge in [0.1, 0.15) is 5.69 Å². The lowest BCUT2D eigenvalue weighted by Gasteiger charge is -2.26. The molecule has 0 aliphatic carbocycles. The van der Waals surface area contributed by atoms with Crippen molar-refractivity contribution in [2.24, 2.45) is 0 Å². The number of amides is 1. The molecule has 0 aliphatic rings. The van der Waals surface area contributed by atoms with E-state index < -0.39 is 11.0 Å². The minimum atomic E-state index is -0.511. The van der Waals surface area contributed by atoms with Crippen LogP contribution in [0.4, 0.5) is 11.4 Å². The lowest BCUT2D eigenvalue weighted by molar-refractivity contribution is -0.383. The smallest absolute Gasteiger partial charge is 0.292 e. The number of hydrogen-bond acceptors (Lipinski definition) is 5. The summed E-state index contributed by atoms with van der Waals surface area (Å²) in [5.41, 5.74) is 1.05. The van der Waals surface area contributed by atoms with Crippen molar-refractivity contribution >= 4 is 17.3 Å². The fourth-order valence-corrected chi connectivity index (χ4v) is 2.28.